The fourth-order valence-corrected chi connectivity index (χ4v) is 3.16. The molecule has 0 saturated carbocycles. The Balaban J connectivity index is 2.21. The molecule has 2 aromatic carbocycles. The summed E-state index contributed by atoms with van der Waals surface area (Å²) in [4.78, 5) is 34.8. The van der Waals surface area contributed by atoms with Crippen molar-refractivity contribution in [2.45, 2.75) is 0 Å². The third kappa shape index (κ3) is 2.73. The molecule has 6 nitrogen and oxygen atoms in total. The molecule has 0 radical (unpaired) electrons. The van der Waals surface area contributed by atoms with Crippen molar-refractivity contribution in [3.63, 3.8) is 0 Å². The van der Waals surface area contributed by atoms with Crippen LogP contribution in [0.3, 0.4) is 0 Å². The second kappa shape index (κ2) is 6.10. The van der Waals surface area contributed by atoms with Crippen molar-refractivity contribution in [3.8, 4) is 28.2 Å². The number of aromatic hydroxyl groups is 1. The average molecular weight is 360 g/mol. The van der Waals surface area contributed by atoms with Gasteiger partial charge in [-0.2, -0.15) is 0 Å². The van der Waals surface area contributed by atoms with Crippen molar-refractivity contribution in [2.24, 2.45) is 0 Å². The largest absolute Gasteiger partial charge is 0.508 e. The van der Waals surface area contributed by atoms with Gasteiger partial charge in [0.15, 0.2) is 11.7 Å². The summed E-state index contributed by atoms with van der Waals surface area (Å²) < 4.78 is 5.76. The first kappa shape index (κ1) is 16.5. The molecular weight excluding hydrogens is 348 g/mol. The van der Waals surface area contributed by atoms with Crippen molar-refractivity contribution < 1.29 is 24.2 Å². The van der Waals surface area contributed by atoms with Crippen LogP contribution in [0.1, 0.15) is 20.7 Å². The summed E-state index contributed by atoms with van der Waals surface area (Å²) in [6, 6.07) is 13.0. The number of aldehydes is 1. The van der Waals surface area contributed by atoms with Crippen LogP contribution in [0.4, 0.5) is 0 Å². The highest BCUT2D eigenvalue weighted by molar-refractivity contribution is 6.06. The van der Waals surface area contributed by atoms with Crippen LogP contribution in [0.2, 0.25) is 0 Å². The van der Waals surface area contributed by atoms with E-state index >= 15 is 0 Å². The minimum absolute atomic E-state index is 0.0234. The minimum atomic E-state index is -1.12. The van der Waals surface area contributed by atoms with Crippen LogP contribution in [0.25, 0.3) is 33.4 Å². The first-order valence-corrected chi connectivity index (χ1v) is 8.00. The molecule has 0 aromatic heterocycles. The smallest absolute Gasteiger partial charge is 0.335 e. The van der Waals surface area contributed by atoms with Gasteiger partial charge in [-0.1, -0.05) is 6.07 Å². The van der Waals surface area contributed by atoms with Crippen LogP contribution in [-0.4, -0.2) is 22.5 Å². The summed E-state index contributed by atoms with van der Waals surface area (Å²) in [6.07, 6.45) is 0.644. The molecule has 1 aliphatic carbocycles. The zero-order valence-electron chi connectivity index (χ0n) is 13.8. The van der Waals surface area contributed by atoms with Crippen LogP contribution in [0, 0.1) is 0 Å². The molecule has 0 saturated heterocycles. The van der Waals surface area contributed by atoms with Gasteiger partial charge in [0.1, 0.15) is 17.1 Å². The van der Waals surface area contributed by atoms with E-state index in [2.05, 4.69) is 0 Å². The van der Waals surface area contributed by atoms with Crippen LogP contribution >= 0.6 is 0 Å². The van der Waals surface area contributed by atoms with Gasteiger partial charge < -0.3 is 14.6 Å². The lowest BCUT2D eigenvalue weighted by molar-refractivity contribution is 0.0696. The number of carboxylic acid groups (broad SMARTS) is 1. The highest BCUT2D eigenvalue weighted by atomic mass is 16.4. The normalized spacial score (nSPS) is 11.0. The number of hydrogen-bond donors (Lipinski definition) is 2. The van der Waals surface area contributed by atoms with Crippen molar-refractivity contribution >= 4 is 23.2 Å². The molecule has 1 aliphatic heterocycles. The van der Waals surface area contributed by atoms with Crippen molar-refractivity contribution in [2.75, 3.05) is 0 Å². The second-order valence-corrected chi connectivity index (χ2v) is 6.04. The summed E-state index contributed by atoms with van der Waals surface area (Å²) in [5, 5.41) is 19.7. The number of aromatic carboxylic acids is 1. The standard InChI is InChI=1S/C21H12O6/c22-10-12-2-1-11(21(25)26)7-17(12)20-15-5-3-13(23)8-18(15)27-19-9-14(24)4-6-16(19)20/h1-10,23H,(H,25,26). The highest BCUT2D eigenvalue weighted by Crippen LogP contribution is 2.41. The van der Waals surface area contributed by atoms with Gasteiger partial charge in [0.25, 0.3) is 0 Å². The first-order chi connectivity index (χ1) is 13.0. The van der Waals surface area contributed by atoms with Gasteiger partial charge in [-0.25, -0.2) is 4.79 Å². The molecule has 6 heteroatoms. The van der Waals surface area contributed by atoms with Crippen LogP contribution < -0.4 is 5.43 Å². The predicted molar refractivity (Wildman–Crippen MR) is 98.6 cm³/mol. The van der Waals surface area contributed by atoms with Gasteiger partial charge in [0.05, 0.1) is 5.56 Å². The Kier molecular flexibility index (Phi) is 3.74. The fourth-order valence-electron chi connectivity index (χ4n) is 3.16. The number of carboxylic acids is 1. The zero-order chi connectivity index (χ0) is 19.1. The van der Waals surface area contributed by atoms with E-state index in [1.54, 1.807) is 12.1 Å². The second-order valence-electron chi connectivity index (χ2n) is 6.04. The Bertz CT molecular complexity index is 1250. The molecule has 2 N–H and O–H groups in total. The van der Waals surface area contributed by atoms with E-state index in [1.165, 1.54) is 42.5 Å². The Morgan fingerprint density at radius 2 is 1.78 bits per heavy atom. The number of hydrogen-bond acceptors (Lipinski definition) is 5. The van der Waals surface area contributed by atoms with Crippen molar-refractivity contribution in [1.29, 1.82) is 0 Å². The topological polar surface area (TPSA) is 105 Å². The molecule has 2 aliphatic rings. The molecule has 4 rings (SSSR count). The molecule has 132 valence electrons. The Hall–Kier alpha value is -3.93. The van der Waals surface area contributed by atoms with Gasteiger partial charge in [-0.15, -0.1) is 0 Å². The molecule has 0 spiro atoms. The summed E-state index contributed by atoms with van der Waals surface area (Å²) in [7, 11) is 0. The van der Waals surface area contributed by atoms with Crippen LogP contribution in [0.15, 0.2) is 63.8 Å². The van der Waals surface area contributed by atoms with E-state index in [-0.39, 0.29) is 22.5 Å². The molecule has 2 aromatic rings. The van der Waals surface area contributed by atoms with Gasteiger partial charge in [-0.3, -0.25) is 9.59 Å². The van der Waals surface area contributed by atoms with Crippen molar-refractivity contribution in [3.05, 3.63) is 75.9 Å². The van der Waals surface area contributed by atoms with Gasteiger partial charge >= 0.3 is 5.97 Å². The number of phenols is 1. The zero-order valence-corrected chi connectivity index (χ0v) is 13.8. The molecule has 0 amide bonds. The third-order valence-electron chi connectivity index (χ3n) is 4.37. The molecule has 0 bridgehead atoms. The molecule has 0 unspecified atom stereocenters. The number of carbonyl (C=O) groups excluding carboxylic acids is 1. The number of benzene rings is 3. The monoisotopic (exact) mass is 360 g/mol. The summed E-state index contributed by atoms with van der Waals surface area (Å²) in [6.45, 7) is 0. The predicted octanol–water partition coefficient (Wildman–Crippen LogP) is 3.78. The Labute approximate surface area is 152 Å². The average Bonchev–Trinajstić information content (AvgIpc) is 2.65. The SMILES string of the molecule is O=Cc1ccc(C(=O)O)cc1-c1c2ccc(=O)cc-2oc2cc(O)ccc12. The van der Waals surface area contributed by atoms with Gasteiger partial charge in [-0.05, 0) is 42.0 Å². The van der Waals surface area contributed by atoms with Gasteiger partial charge in [0.2, 0.25) is 0 Å². The molecule has 27 heavy (non-hydrogen) atoms. The van der Waals surface area contributed by atoms with E-state index in [1.807, 2.05) is 0 Å². The van der Waals surface area contributed by atoms with E-state index in [0.717, 1.165) is 0 Å². The number of phenolic OH excluding ortho intramolecular Hbond substituents is 1. The fraction of sp³-hybridized carbons (Fsp3) is 0. The molecule has 0 fully saturated rings. The minimum Gasteiger partial charge on any atom is -0.508 e. The number of rotatable bonds is 3. The maximum atomic E-state index is 11.8. The van der Waals surface area contributed by atoms with E-state index in [9.17, 15) is 24.6 Å². The summed E-state index contributed by atoms with van der Waals surface area (Å²) in [5.41, 5.74) is 1.88. The van der Waals surface area contributed by atoms with Crippen LogP contribution in [0.5, 0.6) is 5.75 Å². The molecule has 0 atom stereocenters. The Morgan fingerprint density at radius 3 is 2.52 bits per heavy atom. The summed E-state index contributed by atoms with van der Waals surface area (Å²) >= 11 is 0. The lowest BCUT2D eigenvalue weighted by atomic mass is 9.90. The molecular formula is C21H12O6. The van der Waals surface area contributed by atoms with E-state index in [0.29, 0.717) is 39.5 Å². The van der Waals surface area contributed by atoms with Gasteiger partial charge in [0, 0.05) is 34.2 Å². The highest BCUT2D eigenvalue weighted by Gasteiger charge is 2.20. The van der Waals surface area contributed by atoms with E-state index in [4.69, 9.17) is 4.42 Å². The number of fused-ring (bicyclic) bond motifs is 2. The maximum absolute atomic E-state index is 11.8. The number of carbonyl (C=O) groups is 2. The van der Waals surface area contributed by atoms with Crippen LogP contribution in [-0.2, 0) is 0 Å². The first-order valence-electron chi connectivity index (χ1n) is 8.00. The lowest BCUT2D eigenvalue weighted by Gasteiger charge is -2.16. The van der Waals surface area contributed by atoms with E-state index < -0.39 is 5.97 Å². The van der Waals surface area contributed by atoms with Crippen molar-refractivity contribution in [1.82, 2.24) is 0 Å². The lowest BCUT2D eigenvalue weighted by Crippen LogP contribution is -2.02. The Morgan fingerprint density at radius 1 is 0.963 bits per heavy atom. The summed E-state index contributed by atoms with van der Waals surface area (Å²) in [5.74, 6) is -0.875. The third-order valence-corrected chi connectivity index (χ3v) is 4.37. The molecule has 1 heterocycles. The maximum Gasteiger partial charge on any atom is 0.335 e. The quantitative estimate of drug-likeness (QED) is 0.425.